The Hall–Kier alpha value is -1.40. The molecule has 104 valence electrons. The number of rotatable bonds is 7. The van der Waals surface area contributed by atoms with Crippen LogP contribution in [-0.2, 0) is 9.59 Å². The van der Waals surface area contributed by atoms with Gasteiger partial charge in [-0.1, -0.05) is 6.07 Å². The highest BCUT2D eigenvalue weighted by molar-refractivity contribution is 7.10. The second-order valence-corrected chi connectivity index (χ2v) is 5.81. The van der Waals surface area contributed by atoms with Gasteiger partial charge in [0.25, 0.3) is 0 Å². The number of carboxylic acid groups (broad SMARTS) is 1. The Labute approximate surface area is 116 Å². The van der Waals surface area contributed by atoms with Crippen LogP contribution in [0.2, 0.25) is 0 Å². The summed E-state index contributed by atoms with van der Waals surface area (Å²) in [5.41, 5.74) is 0. The van der Waals surface area contributed by atoms with Crippen LogP contribution in [0.1, 0.15) is 30.7 Å². The molecular weight excluding hydrogens is 264 g/mol. The molecule has 1 saturated carbocycles. The summed E-state index contributed by atoms with van der Waals surface area (Å²) in [7, 11) is 0. The molecule has 1 aliphatic carbocycles. The van der Waals surface area contributed by atoms with Crippen LogP contribution < -0.4 is 5.32 Å². The third-order valence-corrected chi connectivity index (χ3v) is 4.15. The zero-order chi connectivity index (χ0) is 13.8. The van der Waals surface area contributed by atoms with Crippen LogP contribution in [0, 0.1) is 0 Å². The number of hydrogen-bond donors (Lipinski definition) is 2. The molecule has 1 amide bonds. The molecule has 0 saturated heterocycles. The van der Waals surface area contributed by atoms with E-state index in [-0.39, 0.29) is 31.1 Å². The maximum absolute atomic E-state index is 11.9. The van der Waals surface area contributed by atoms with Gasteiger partial charge in [0.2, 0.25) is 5.91 Å². The van der Waals surface area contributed by atoms with Crippen molar-refractivity contribution in [3.05, 3.63) is 22.4 Å². The lowest BCUT2D eigenvalue weighted by atomic mass is 10.2. The molecule has 1 atom stereocenters. The average molecular weight is 282 g/mol. The molecular formula is C13H18N2O3S. The van der Waals surface area contributed by atoms with Crippen LogP contribution in [-0.4, -0.2) is 41.0 Å². The summed E-state index contributed by atoms with van der Waals surface area (Å²) in [6.07, 6.45) is 1.97. The Balaban J connectivity index is 1.83. The molecule has 1 aromatic heterocycles. The zero-order valence-electron chi connectivity index (χ0n) is 10.8. The van der Waals surface area contributed by atoms with Crippen molar-refractivity contribution in [2.45, 2.75) is 31.8 Å². The monoisotopic (exact) mass is 282 g/mol. The van der Waals surface area contributed by atoms with Crippen LogP contribution >= 0.6 is 11.3 Å². The van der Waals surface area contributed by atoms with E-state index in [1.165, 1.54) is 0 Å². The molecule has 5 nitrogen and oxygen atoms in total. The fourth-order valence-electron chi connectivity index (χ4n) is 2.01. The molecule has 2 rings (SSSR count). The van der Waals surface area contributed by atoms with E-state index in [0.717, 1.165) is 17.7 Å². The van der Waals surface area contributed by atoms with Gasteiger partial charge in [0.05, 0.1) is 19.1 Å². The number of nitrogens with zero attached hydrogens (tertiary/aromatic N) is 1. The first-order valence-corrected chi connectivity index (χ1v) is 7.23. The zero-order valence-corrected chi connectivity index (χ0v) is 11.7. The van der Waals surface area contributed by atoms with Gasteiger partial charge in [-0.25, -0.2) is 0 Å². The highest BCUT2D eigenvalue weighted by Crippen LogP contribution is 2.26. The van der Waals surface area contributed by atoms with Gasteiger partial charge < -0.3 is 10.4 Å². The van der Waals surface area contributed by atoms with Crippen molar-refractivity contribution in [3.8, 4) is 0 Å². The molecule has 0 radical (unpaired) electrons. The van der Waals surface area contributed by atoms with Gasteiger partial charge in [0.1, 0.15) is 0 Å². The predicted molar refractivity (Wildman–Crippen MR) is 73.1 cm³/mol. The number of carbonyl (C=O) groups excluding carboxylic acids is 1. The Kier molecular flexibility index (Phi) is 4.55. The summed E-state index contributed by atoms with van der Waals surface area (Å²) < 4.78 is 0. The van der Waals surface area contributed by atoms with Crippen LogP contribution in [0.4, 0.5) is 0 Å². The van der Waals surface area contributed by atoms with E-state index >= 15 is 0 Å². The first-order chi connectivity index (χ1) is 9.06. The molecule has 1 fully saturated rings. The number of amides is 1. The highest BCUT2D eigenvalue weighted by atomic mass is 32.1. The van der Waals surface area contributed by atoms with E-state index in [0.29, 0.717) is 0 Å². The second-order valence-electron chi connectivity index (χ2n) is 4.83. The third-order valence-electron chi connectivity index (χ3n) is 3.10. The molecule has 1 aromatic rings. The Morgan fingerprint density at radius 3 is 2.79 bits per heavy atom. The van der Waals surface area contributed by atoms with Crippen molar-refractivity contribution >= 4 is 23.2 Å². The molecule has 1 unspecified atom stereocenters. The van der Waals surface area contributed by atoms with Crippen molar-refractivity contribution in [2.75, 3.05) is 13.1 Å². The van der Waals surface area contributed by atoms with Crippen LogP contribution in [0.25, 0.3) is 0 Å². The lowest BCUT2D eigenvalue weighted by molar-refractivity contribution is -0.139. The fourth-order valence-corrected chi connectivity index (χ4v) is 2.74. The molecule has 19 heavy (non-hydrogen) atoms. The Morgan fingerprint density at radius 2 is 2.26 bits per heavy atom. The second kappa shape index (κ2) is 6.16. The van der Waals surface area contributed by atoms with Gasteiger partial charge in [-0.3, -0.25) is 14.5 Å². The Morgan fingerprint density at radius 1 is 1.53 bits per heavy atom. The summed E-state index contributed by atoms with van der Waals surface area (Å²) >= 11 is 1.60. The topological polar surface area (TPSA) is 69.6 Å². The number of hydrogen-bond acceptors (Lipinski definition) is 4. The summed E-state index contributed by atoms with van der Waals surface area (Å²) in [5.74, 6) is -1.000. The van der Waals surface area contributed by atoms with Crippen LogP contribution in [0.3, 0.4) is 0 Å². The maximum Gasteiger partial charge on any atom is 0.317 e. The van der Waals surface area contributed by atoms with E-state index in [2.05, 4.69) is 5.32 Å². The van der Waals surface area contributed by atoms with Crippen molar-refractivity contribution in [1.29, 1.82) is 0 Å². The number of aliphatic carboxylic acids is 1. The number of carboxylic acids is 1. The fraction of sp³-hybridized carbons (Fsp3) is 0.538. The van der Waals surface area contributed by atoms with Gasteiger partial charge in [0, 0.05) is 10.9 Å². The standard InChI is InChI=1S/C13H18N2O3S/c1-9(11-3-2-6-19-11)14-12(16)7-15(8-13(17)18)10-4-5-10/h2-3,6,9-10H,4-5,7-8H2,1H3,(H,14,16)(H,17,18). The van der Waals surface area contributed by atoms with Crippen molar-refractivity contribution < 1.29 is 14.7 Å². The number of nitrogens with one attached hydrogen (secondary N) is 1. The maximum atomic E-state index is 11.9. The highest BCUT2D eigenvalue weighted by Gasteiger charge is 2.31. The summed E-state index contributed by atoms with van der Waals surface area (Å²) in [4.78, 5) is 25.5. The lowest BCUT2D eigenvalue weighted by Crippen LogP contribution is -2.41. The SMILES string of the molecule is CC(NC(=O)CN(CC(=O)O)C1CC1)c1cccs1. The molecule has 1 aliphatic rings. The predicted octanol–water partition coefficient (Wildman–Crippen LogP) is 1.47. The molecule has 0 aliphatic heterocycles. The smallest absolute Gasteiger partial charge is 0.317 e. The quantitative estimate of drug-likeness (QED) is 0.794. The lowest BCUT2D eigenvalue weighted by Gasteiger charge is -2.20. The number of thiophene rings is 1. The third kappa shape index (κ3) is 4.33. The molecule has 2 N–H and O–H groups in total. The summed E-state index contributed by atoms with van der Waals surface area (Å²) in [5, 5.41) is 13.7. The van der Waals surface area contributed by atoms with E-state index in [1.54, 1.807) is 16.2 Å². The number of carbonyl (C=O) groups is 2. The van der Waals surface area contributed by atoms with Crippen molar-refractivity contribution in [2.24, 2.45) is 0 Å². The van der Waals surface area contributed by atoms with E-state index in [9.17, 15) is 9.59 Å². The van der Waals surface area contributed by atoms with Gasteiger partial charge >= 0.3 is 5.97 Å². The van der Waals surface area contributed by atoms with Crippen LogP contribution in [0.15, 0.2) is 17.5 Å². The average Bonchev–Trinajstić information content (AvgIpc) is 3.02. The van der Waals surface area contributed by atoms with Crippen LogP contribution in [0.5, 0.6) is 0 Å². The minimum atomic E-state index is -0.883. The summed E-state index contributed by atoms with van der Waals surface area (Å²) in [6.45, 7) is 2.03. The van der Waals surface area contributed by atoms with Gasteiger partial charge in [-0.05, 0) is 31.2 Å². The Bertz CT molecular complexity index is 443. The molecule has 6 heteroatoms. The largest absolute Gasteiger partial charge is 0.480 e. The van der Waals surface area contributed by atoms with E-state index in [1.807, 2.05) is 24.4 Å². The summed E-state index contributed by atoms with van der Waals surface area (Å²) in [6, 6.07) is 4.16. The first kappa shape index (κ1) is 14.0. The van der Waals surface area contributed by atoms with E-state index < -0.39 is 5.97 Å². The first-order valence-electron chi connectivity index (χ1n) is 6.35. The van der Waals surface area contributed by atoms with Gasteiger partial charge in [0.15, 0.2) is 0 Å². The minimum Gasteiger partial charge on any atom is -0.480 e. The molecule has 0 spiro atoms. The normalized spacial score (nSPS) is 16.3. The molecule has 1 heterocycles. The molecule has 0 aromatic carbocycles. The van der Waals surface area contributed by atoms with Gasteiger partial charge in [-0.2, -0.15) is 0 Å². The molecule has 0 bridgehead atoms. The van der Waals surface area contributed by atoms with Crippen molar-refractivity contribution in [1.82, 2.24) is 10.2 Å². The minimum absolute atomic E-state index is 0.0293. The van der Waals surface area contributed by atoms with Crippen molar-refractivity contribution in [3.63, 3.8) is 0 Å². The van der Waals surface area contributed by atoms with Gasteiger partial charge in [-0.15, -0.1) is 11.3 Å². The van der Waals surface area contributed by atoms with E-state index in [4.69, 9.17) is 5.11 Å².